The minimum atomic E-state index is -2.94. The highest BCUT2D eigenvalue weighted by Gasteiger charge is 2.12. The molecule has 0 aromatic rings. The second-order valence-corrected chi connectivity index (χ2v) is 5.36. The van der Waals surface area contributed by atoms with E-state index in [0.29, 0.717) is 0 Å². The normalized spacial score (nSPS) is 14.0. The fourth-order valence-electron chi connectivity index (χ4n) is 1.09. The minimum Gasteiger partial charge on any atom is -0.271 e. The van der Waals surface area contributed by atoms with Gasteiger partial charge in [0.2, 0.25) is 0 Å². The molecular weight excluding hydrogens is 188 g/mol. The summed E-state index contributed by atoms with van der Waals surface area (Å²) in [5.41, 5.74) is 2.50. The van der Waals surface area contributed by atoms with Crippen LogP contribution in [0, 0.1) is 0 Å². The number of rotatable bonds is 7. The second kappa shape index (κ2) is 6.12. The van der Waals surface area contributed by atoms with E-state index in [4.69, 9.17) is 5.84 Å². The summed E-state index contributed by atoms with van der Waals surface area (Å²) in [6.07, 6.45) is 5.59. The van der Waals surface area contributed by atoms with E-state index in [-0.39, 0.29) is 11.8 Å². The fraction of sp³-hybridized carbons (Fsp3) is 0.750. The highest BCUT2D eigenvalue weighted by molar-refractivity contribution is 7.90. The summed E-state index contributed by atoms with van der Waals surface area (Å²) in [6, 6.07) is -0.144. The van der Waals surface area contributed by atoms with Crippen molar-refractivity contribution < 1.29 is 8.42 Å². The fourth-order valence-corrected chi connectivity index (χ4v) is 2.08. The molecule has 78 valence electrons. The van der Waals surface area contributed by atoms with Crippen molar-refractivity contribution in [2.75, 3.05) is 12.0 Å². The number of unbranched alkanes of at least 4 members (excludes halogenated alkanes) is 1. The third-order valence-corrected chi connectivity index (χ3v) is 2.71. The highest BCUT2D eigenvalue weighted by atomic mass is 32.2. The van der Waals surface area contributed by atoms with Crippen molar-refractivity contribution in [1.82, 2.24) is 5.43 Å². The lowest BCUT2D eigenvalue weighted by atomic mass is 10.1. The maximum atomic E-state index is 10.9. The summed E-state index contributed by atoms with van der Waals surface area (Å²) in [5.74, 6) is 5.32. The largest absolute Gasteiger partial charge is 0.271 e. The Labute approximate surface area is 80.1 Å². The van der Waals surface area contributed by atoms with Crippen molar-refractivity contribution in [2.24, 2.45) is 5.84 Å². The van der Waals surface area contributed by atoms with Crippen molar-refractivity contribution in [3.05, 3.63) is 12.7 Å². The molecule has 0 rings (SSSR count). The lowest BCUT2D eigenvalue weighted by Crippen LogP contribution is -2.40. The molecule has 0 aliphatic heterocycles. The zero-order valence-corrected chi connectivity index (χ0v) is 8.81. The quantitative estimate of drug-likeness (QED) is 0.270. The van der Waals surface area contributed by atoms with Gasteiger partial charge in [0.25, 0.3) is 0 Å². The Morgan fingerprint density at radius 3 is 2.62 bits per heavy atom. The van der Waals surface area contributed by atoms with Crippen molar-refractivity contribution in [3.63, 3.8) is 0 Å². The lowest BCUT2D eigenvalue weighted by Gasteiger charge is -2.13. The number of hydrogen-bond donors (Lipinski definition) is 2. The van der Waals surface area contributed by atoms with Gasteiger partial charge in [0.1, 0.15) is 9.84 Å². The molecule has 0 fully saturated rings. The van der Waals surface area contributed by atoms with Gasteiger partial charge in [-0.15, -0.1) is 6.58 Å². The first kappa shape index (κ1) is 12.6. The predicted molar refractivity (Wildman–Crippen MR) is 54.9 cm³/mol. The van der Waals surface area contributed by atoms with Gasteiger partial charge in [-0.25, -0.2) is 8.42 Å². The van der Waals surface area contributed by atoms with Gasteiger partial charge in [-0.1, -0.05) is 6.08 Å². The van der Waals surface area contributed by atoms with Crippen molar-refractivity contribution in [3.8, 4) is 0 Å². The minimum absolute atomic E-state index is 0.0979. The molecule has 0 saturated carbocycles. The average molecular weight is 206 g/mol. The Balaban J connectivity index is 3.83. The van der Waals surface area contributed by atoms with Gasteiger partial charge in [0, 0.05) is 12.3 Å². The first-order chi connectivity index (χ1) is 5.99. The van der Waals surface area contributed by atoms with E-state index in [1.807, 2.05) is 6.08 Å². The molecule has 0 radical (unpaired) electrons. The number of nitrogens with one attached hydrogen (secondary N) is 1. The number of nitrogens with two attached hydrogens (primary N) is 1. The maximum absolute atomic E-state index is 10.9. The Morgan fingerprint density at radius 1 is 1.62 bits per heavy atom. The van der Waals surface area contributed by atoms with E-state index in [1.54, 1.807) is 0 Å². The molecule has 0 spiro atoms. The third kappa shape index (κ3) is 7.95. The molecule has 0 heterocycles. The van der Waals surface area contributed by atoms with Crippen molar-refractivity contribution >= 4 is 9.84 Å². The molecule has 3 N–H and O–H groups in total. The first-order valence-corrected chi connectivity index (χ1v) is 6.30. The van der Waals surface area contributed by atoms with Crippen LogP contribution in [0.3, 0.4) is 0 Å². The van der Waals surface area contributed by atoms with Crippen LogP contribution in [-0.2, 0) is 9.84 Å². The molecular formula is C8H18N2O2S. The number of hydrogen-bond acceptors (Lipinski definition) is 4. The highest BCUT2D eigenvalue weighted by Crippen LogP contribution is 2.02. The summed E-state index contributed by atoms with van der Waals surface area (Å²) in [5, 5.41) is 0. The Bertz CT molecular complexity index is 237. The molecule has 0 aromatic heterocycles. The van der Waals surface area contributed by atoms with Crippen LogP contribution in [0.25, 0.3) is 0 Å². The van der Waals surface area contributed by atoms with Crippen LogP contribution in [-0.4, -0.2) is 26.5 Å². The van der Waals surface area contributed by atoms with E-state index in [0.717, 1.165) is 19.3 Å². The van der Waals surface area contributed by atoms with E-state index < -0.39 is 9.84 Å². The molecule has 0 aromatic carbocycles. The van der Waals surface area contributed by atoms with Crippen molar-refractivity contribution in [1.29, 1.82) is 0 Å². The van der Waals surface area contributed by atoms with Crippen LogP contribution < -0.4 is 11.3 Å². The van der Waals surface area contributed by atoms with Crippen LogP contribution in [0.5, 0.6) is 0 Å². The van der Waals surface area contributed by atoms with Gasteiger partial charge in [0.05, 0.1) is 5.75 Å². The van der Waals surface area contributed by atoms with Gasteiger partial charge in [-0.05, 0) is 19.3 Å². The van der Waals surface area contributed by atoms with Gasteiger partial charge < -0.3 is 0 Å². The molecule has 0 amide bonds. The van der Waals surface area contributed by atoms with E-state index >= 15 is 0 Å². The van der Waals surface area contributed by atoms with Gasteiger partial charge in [-0.3, -0.25) is 11.3 Å². The topological polar surface area (TPSA) is 72.2 Å². The van der Waals surface area contributed by atoms with Crippen LogP contribution >= 0.6 is 0 Å². The summed E-state index contributed by atoms with van der Waals surface area (Å²) in [6.45, 7) is 3.59. The average Bonchev–Trinajstić information content (AvgIpc) is 2.01. The maximum Gasteiger partial charge on any atom is 0.149 e. The van der Waals surface area contributed by atoms with Gasteiger partial charge in [0.15, 0.2) is 0 Å². The SMILES string of the molecule is C=CCCCC(CS(C)(=O)=O)NN. The predicted octanol–water partition coefficient (Wildman–Crippen LogP) is 0.219. The van der Waals surface area contributed by atoms with Crippen LogP contribution in [0.15, 0.2) is 12.7 Å². The Morgan fingerprint density at radius 2 is 2.23 bits per heavy atom. The van der Waals surface area contributed by atoms with E-state index in [9.17, 15) is 8.42 Å². The summed E-state index contributed by atoms with van der Waals surface area (Å²) in [4.78, 5) is 0. The molecule has 0 aliphatic rings. The summed E-state index contributed by atoms with van der Waals surface area (Å²) in [7, 11) is -2.94. The van der Waals surface area contributed by atoms with Crippen molar-refractivity contribution in [2.45, 2.75) is 25.3 Å². The van der Waals surface area contributed by atoms with Gasteiger partial charge in [-0.2, -0.15) is 0 Å². The third-order valence-electron chi connectivity index (χ3n) is 1.70. The molecule has 0 aliphatic carbocycles. The molecule has 1 atom stereocenters. The Kier molecular flexibility index (Phi) is 5.94. The number of allylic oxidation sites excluding steroid dienone is 1. The van der Waals surface area contributed by atoms with Crippen LogP contribution in [0.1, 0.15) is 19.3 Å². The smallest absolute Gasteiger partial charge is 0.149 e. The molecule has 0 bridgehead atoms. The zero-order chi connectivity index (χ0) is 10.3. The number of sulfone groups is 1. The van der Waals surface area contributed by atoms with Gasteiger partial charge >= 0.3 is 0 Å². The Hall–Kier alpha value is -0.390. The molecule has 1 unspecified atom stereocenters. The monoisotopic (exact) mass is 206 g/mol. The molecule has 4 nitrogen and oxygen atoms in total. The summed E-state index contributed by atoms with van der Waals surface area (Å²) < 4.78 is 21.8. The van der Waals surface area contributed by atoms with E-state index in [1.165, 1.54) is 6.26 Å². The van der Waals surface area contributed by atoms with Crippen LogP contribution in [0.4, 0.5) is 0 Å². The van der Waals surface area contributed by atoms with E-state index in [2.05, 4.69) is 12.0 Å². The molecule has 5 heteroatoms. The summed E-state index contributed by atoms with van der Waals surface area (Å²) >= 11 is 0. The van der Waals surface area contributed by atoms with Crippen LogP contribution in [0.2, 0.25) is 0 Å². The molecule has 13 heavy (non-hydrogen) atoms. The molecule has 0 saturated heterocycles. The number of hydrazine groups is 1. The first-order valence-electron chi connectivity index (χ1n) is 4.24. The lowest BCUT2D eigenvalue weighted by molar-refractivity contribution is 0.507. The second-order valence-electron chi connectivity index (χ2n) is 3.18. The standard InChI is InChI=1S/C8H18N2O2S/c1-3-4-5-6-8(10-9)7-13(2,11)12/h3,8,10H,1,4-7,9H2,2H3. The zero-order valence-electron chi connectivity index (χ0n) is 7.99.